The van der Waals surface area contributed by atoms with Gasteiger partial charge in [-0.3, -0.25) is 14.4 Å². The molecule has 114 valence electrons. The van der Waals surface area contributed by atoms with Crippen LogP contribution in [0.2, 0.25) is 0 Å². The van der Waals surface area contributed by atoms with Crippen molar-refractivity contribution >= 4 is 23.7 Å². The minimum Gasteiger partial charge on any atom is -0.446 e. The minimum atomic E-state index is -0.848. The number of primary amides is 1. The van der Waals surface area contributed by atoms with Gasteiger partial charge < -0.3 is 26.9 Å². The smallest absolute Gasteiger partial charge is 0.315 e. The quantitative estimate of drug-likeness (QED) is 0.398. The largest absolute Gasteiger partial charge is 0.446 e. The van der Waals surface area contributed by atoms with Crippen molar-refractivity contribution < 1.29 is 18.8 Å². The summed E-state index contributed by atoms with van der Waals surface area (Å²) in [6, 6.07) is 1.67. The number of carbonyl (C=O) groups excluding carboxylic acids is 3. The number of rotatable bonds is 5. The number of nitrogens with zero attached hydrogens (tertiary/aromatic N) is 1. The van der Waals surface area contributed by atoms with Crippen molar-refractivity contribution in [2.24, 2.45) is 28.1 Å². The van der Waals surface area contributed by atoms with E-state index in [1.54, 1.807) is 13.8 Å². The summed E-state index contributed by atoms with van der Waals surface area (Å²) < 4.78 is 5.04. The summed E-state index contributed by atoms with van der Waals surface area (Å²) >= 11 is 0. The molecule has 0 aromatic carbocycles. The number of aliphatic imine (C=N–C) groups is 1. The maximum atomic E-state index is 11.9. The van der Waals surface area contributed by atoms with E-state index in [2.05, 4.69) is 10.3 Å². The summed E-state index contributed by atoms with van der Waals surface area (Å²) in [5.41, 5.74) is 15.3. The van der Waals surface area contributed by atoms with Gasteiger partial charge in [-0.05, 0) is 18.1 Å². The molecule has 1 rings (SSSR count). The Morgan fingerprint density at radius 2 is 1.71 bits per heavy atom. The van der Waals surface area contributed by atoms with Crippen LogP contribution in [0.1, 0.15) is 35.0 Å². The third-order valence-corrected chi connectivity index (χ3v) is 2.53. The lowest BCUT2D eigenvalue weighted by Crippen LogP contribution is -2.47. The van der Waals surface area contributed by atoms with E-state index in [0.717, 1.165) is 0 Å². The van der Waals surface area contributed by atoms with E-state index in [-0.39, 0.29) is 17.4 Å². The lowest BCUT2D eigenvalue weighted by atomic mass is 10.0. The van der Waals surface area contributed by atoms with Gasteiger partial charge >= 0.3 is 5.91 Å². The van der Waals surface area contributed by atoms with Gasteiger partial charge in [0, 0.05) is 0 Å². The van der Waals surface area contributed by atoms with Crippen LogP contribution in [0.15, 0.2) is 21.5 Å². The van der Waals surface area contributed by atoms with Crippen LogP contribution >= 0.6 is 0 Å². The van der Waals surface area contributed by atoms with Crippen LogP contribution in [0, 0.1) is 5.92 Å². The van der Waals surface area contributed by atoms with Crippen LogP contribution in [-0.4, -0.2) is 29.7 Å². The summed E-state index contributed by atoms with van der Waals surface area (Å²) in [7, 11) is 0. The van der Waals surface area contributed by atoms with Crippen LogP contribution in [0.5, 0.6) is 0 Å². The highest BCUT2D eigenvalue weighted by Gasteiger charge is 2.24. The Balaban J connectivity index is 2.85. The lowest BCUT2D eigenvalue weighted by molar-refractivity contribution is -0.120. The van der Waals surface area contributed by atoms with Crippen molar-refractivity contribution in [1.29, 1.82) is 0 Å². The van der Waals surface area contributed by atoms with Gasteiger partial charge in [0.2, 0.25) is 5.91 Å². The number of nitrogens with two attached hydrogens (primary N) is 3. The normalized spacial score (nSPS) is 11.8. The second kappa shape index (κ2) is 6.55. The van der Waals surface area contributed by atoms with Crippen LogP contribution in [-0.2, 0) is 4.79 Å². The number of amides is 3. The highest BCUT2D eigenvalue weighted by atomic mass is 16.4. The number of carbonyl (C=O) groups is 3. The molecule has 7 N–H and O–H groups in total. The molecule has 1 heterocycles. The first-order chi connectivity index (χ1) is 9.72. The molecule has 0 saturated heterocycles. The summed E-state index contributed by atoms with van der Waals surface area (Å²) in [4.78, 5) is 37.9. The highest BCUT2D eigenvalue weighted by molar-refractivity contribution is 6.01. The third kappa shape index (κ3) is 4.34. The number of furan rings is 1. The molecule has 0 aliphatic heterocycles. The molecule has 1 aromatic heterocycles. The number of hydrogen-bond acceptors (Lipinski definition) is 4. The topological polar surface area (TPSA) is 167 Å². The molecule has 0 bridgehead atoms. The molecule has 9 nitrogen and oxygen atoms in total. The van der Waals surface area contributed by atoms with Crippen molar-refractivity contribution in [3.05, 3.63) is 23.7 Å². The Kier molecular flexibility index (Phi) is 5.06. The highest BCUT2D eigenvalue weighted by Crippen LogP contribution is 2.10. The SMILES string of the molecule is CC(C)C(NC(=O)c1ccc(C(=O)N=C(N)N)o1)C(N)=O. The van der Waals surface area contributed by atoms with Crippen molar-refractivity contribution in [3.63, 3.8) is 0 Å². The van der Waals surface area contributed by atoms with Crippen LogP contribution in [0.25, 0.3) is 0 Å². The Labute approximate surface area is 120 Å². The second-order valence-corrected chi connectivity index (χ2v) is 4.60. The van der Waals surface area contributed by atoms with E-state index < -0.39 is 29.7 Å². The van der Waals surface area contributed by atoms with E-state index in [9.17, 15) is 14.4 Å². The molecule has 0 fully saturated rings. The van der Waals surface area contributed by atoms with Crippen molar-refractivity contribution in [3.8, 4) is 0 Å². The number of nitrogens with one attached hydrogen (secondary N) is 1. The van der Waals surface area contributed by atoms with E-state index in [0.29, 0.717) is 0 Å². The molecule has 21 heavy (non-hydrogen) atoms. The molecule has 0 aliphatic carbocycles. The maximum Gasteiger partial charge on any atom is 0.315 e. The average molecular weight is 295 g/mol. The number of guanidine groups is 1. The van der Waals surface area contributed by atoms with Gasteiger partial charge in [-0.1, -0.05) is 13.8 Å². The molecule has 0 aliphatic rings. The molecule has 0 saturated carbocycles. The third-order valence-electron chi connectivity index (χ3n) is 2.53. The Morgan fingerprint density at radius 1 is 1.14 bits per heavy atom. The lowest BCUT2D eigenvalue weighted by Gasteiger charge is -2.17. The predicted octanol–water partition coefficient (Wildman–Crippen LogP) is -1.07. The number of hydrogen-bond donors (Lipinski definition) is 4. The summed E-state index contributed by atoms with van der Waals surface area (Å²) in [6.45, 7) is 3.46. The van der Waals surface area contributed by atoms with E-state index in [1.165, 1.54) is 12.1 Å². The molecular formula is C12H17N5O4. The summed E-state index contributed by atoms with van der Waals surface area (Å²) in [6.07, 6.45) is 0. The first kappa shape index (κ1) is 16.2. The van der Waals surface area contributed by atoms with Gasteiger partial charge in [0.05, 0.1) is 0 Å². The van der Waals surface area contributed by atoms with Gasteiger partial charge in [0.1, 0.15) is 6.04 Å². The Bertz CT molecular complexity index is 586. The van der Waals surface area contributed by atoms with Gasteiger partial charge in [-0.25, -0.2) is 0 Å². The molecule has 0 radical (unpaired) electrons. The van der Waals surface area contributed by atoms with Gasteiger partial charge in [-0.2, -0.15) is 4.99 Å². The van der Waals surface area contributed by atoms with Crippen molar-refractivity contribution in [2.75, 3.05) is 0 Å². The fraction of sp³-hybridized carbons (Fsp3) is 0.333. The summed E-state index contributed by atoms with van der Waals surface area (Å²) in [5, 5.41) is 2.42. The average Bonchev–Trinajstić information content (AvgIpc) is 2.83. The van der Waals surface area contributed by atoms with Crippen LogP contribution in [0.4, 0.5) is 0 Å². The zero-order valence-corrected chi connectivity index (χ0v) is 11.6. The molecule has 1 atom stereocenters. The molecule has 1 aromatic rings. The van der Waals surface area contributed by atoms with Crippen molar-refractivity contribution in [2.45, 2.75) is 19.9 Å². The molecule has 1 unspecified atom stereocenters. The molecule has 9 heteroatoms. The first-order valence-electron chi connectivity index (χ1n) is 6.06. The fourth-order valence-corrected chi connectivity index (χ4v) is 1.53. The monoisotopic (exact) mass is 295 g/mol. The van der Waals surface area contributed by atoms with Crippen molar-refractivity contribution in [1.82, 2.24) is 5.32 Å². The first-order valence-corrected chi connectivity index (χ1v) is 6.06. The minimum absolute atomic E-state index is 0.156. The zero-order chi connectivity index (χ0) is 16.2. The Hall–Kier alpha value is -2.84. The van der Waals surface area contributed by atoms with Crippen LogP contribution < -0.4 is 22.5 Å². The van der Waals surface area contributed by atoms with Gasteiger partial charge in [-0.15, -0.1) is 0 Å². The van der Waals surface area contributed by atoms with Gasteiger partial charge in [0.15, 0.2) is 17.5 Å². The maximum absolute atomic E-state index is 11.9. The summed E-state index contributed by atoms with van der Waals surface area (Å²) in [5.74, 6) is -3.12. The van der Waals surface area contributed by atoms with E-state index in [1.807, 2.05) is 0 Å². The van der Waals surface area contributed by atoms with E-state index >= 15 is 0 Å². The zero-order valence-electron chi connectivity index (χ0n) is 11.6. The Morgan fingerprint density at radius 3 is 2.19 bits per heavy atom. The molecule has 0 spiro atoms. The van der Waals surface area contributed by atoms with Crippen LogP contribution in [0.3, 0.4) is 0 Å². The van der Waals surface area contributed by atoms with Gasteiger partial charge in [0.25, 0.3) is 5.91 Å². The standard InChI is InChI=1S/C12H17N5O4/c1-5(2)8(9(13)18)16-10(19)6-3-4-7(21-6)11(20)17-12(14)15/h3-5,8H,1-2H3,(H2,13,18)(H,16,19)(H4,14,15,17,20). The fourth-order valence-electron chi connectivity index (χ4n) is 1.53. The second-order valence-electron chi connectivity index (χ2n) is 4.60. The molecular weight excluding hydrogens is 278 g/mol. The predicted molar refractivity (Wildman–Crippen MR) is 74.1 cm³/mol. The molecule has 3 amide bonds. The van der Waals surface area contributed by atoms with E-state index in [4.69, 9.17) is 21.6 Å².